The van der Waals surface area contributed by atoms with Gasteiger partial charge in [-0.15, -0.1) is 0 Å². The zero-order chi connectivity index (χ0) is 23.5. The molecular formula is C24H24ClNO5S. The van der Waals surface area contributed by atoms with Gasteiger partial charge in [0.25, 0.3) is 0 Å². The van der Waals surface area contributed by atoms with E-state index in [0.717, 1.165) is 29.6 Å². The Morgan fingerprint density at radius 1 is 1.00 bits per heavy atom. The molecule has 168 valence electrons. The number of sulfone groups is 1. The monoisotopic (exact) mass is 473 g/mol. The summed E-state index contributed by atoms with van der Waals surface area (Å²) in [6.45, 7) is 4.11. The average molecular weight is 474 g/mol. The van der Waals surface area contributed by atoms with E-state index in [9.17, 15) is 18.0 Å². The van der Waals surface area contributed by atoms with Gasteiger partial charge in [-0.1, -0.05) is 23.7 Å². The smallest absolute Gasteiger partial charge is 0.338 e. The van der Waals surface area contributed by atoms with E-state index in [-0.39, 0.29) is 16.2 Å². The van der Waals surface area contributed by atoms with E-state index in [2.05, 4.69) is 4.57 Å². The van der Waals surface area contributed by atoms with Gasteiger partial charge in [-0.05, 0) is 68.3 Å². The van der Waals surface area contributed by atoms with Gasteiger partial charge >= 0.3 is 5.97 Å². The minimum absolute atomic E-state index is 0.108. The van der Waals surface area contributed by atoms with Crippen molar-refractivity contribution in [2.45, 2.75) is 31.7 Å². The largest absolute Gasteiger partial charge is 0.454 e. The number of halogens is 1. The summed E-state index contributed by atoms with van der Waals surface area (Å²) in [7, 11) is -3.35. The second-order valence-electron chi connectivity index (χ2n) is 7.61. The summed E-state index contributed by atoms with van der Waals surface area (Å²) < 4.78 is 30.3. The first-order valence-electron chi connectivity index (χ1n) is 9.98. The lowest BCUT2D eigenvalue weighted by molar-refractivity contribution is 0.0474. The molecule has 1 heterocycles. The fraction of sp³-hybridized carbons (Fsp3) is 0.250. The van der Waals surface area contributed by atoms with Crippen LogP contribution >= 0.6 is 11.6 Å². The highest BCUT2D eigenvalue weighted by molar-refractivity contribution is 7.90. The number of carbonyl (C=O) groups is 2. The Balaban J connectivity index is 1.63. The number of ether oxygens (including phenoxy) is 1. The number of nitrogens with zero attached hydrogens (tertiary/aromatic N) is 1. The third-order valence-corrected chi connectivity index (χ3v) is 6.64. The minimum atomic E-state index is -3.35. The second-order valence-corrected chi connectivity index (χ2v) is 10.1. The summed E-state index contributed by atoms with van der Waals surface area (Å²) in [4.78, 5) is 25.0. The molecule has 0 amide bonds. The molecule has 0 spiro atoms. The maximum absolute atomic E-state index is 12.7. The first-order chi connectivity index (χ1) is 15.1. The molecule has 0 unspecified atom stereocenters. The molecule has 2 aromatic carbocycles. The molecule has 3 aromatic rings. The highest BCUT2D eigenvalue weighted by Crippen LogP contribution is 2.18. The number of hydrogen-bond donors (Lipinski definition) is 0. The molecular weight excluding hydrogens is 450 g/mol. The van der Waals surface area contributed by atoms with Gasteiger partial charge in [0.15, 0.2) is 16.4 Å². The van der Waals surface area contributed by atoms with Gasteiger partial charge in [-0.3, -0.25) is 4.79 Å². The number of Topliss-reactive ketones (excluding diaryl/α,β-unsaturated/α-hetero) is 1. The van der Waals surface area contributed by atoms with Crippen molar-refractivity contribution < 1.29 is 22.7 Å². The highest BCUT2D eigenvalue weighted by Gasteiger charge is 2.18. The van der Waals surface area contributed by atoms with Gasteiger partial charge in [0.05, 0.1) is 10.5 Å². The molecule has 8 heteroatoms. The Morgan fingerprint density at radius 2 is 1.62 bits per heavy atom. The van der Waals surface area contributed by atoms with Crippen LogP contribution in [0.2, 0.25) is 5.02 Å². The molecule has 3 rings (SSSR count). The number of aromatic nitrogens is 1. The van der Waals surface area contributed by atoms with Crippen molar-refractivity contribution in [2.24, 2.45) is 0 Å². The fourth-order valence-corrected chi connectivity index (χ4v) is 4.21. The predicted molar refractivity (Wildman–Crippen MR) is 123 cm³/mol. The third kappa shape index (κ3) is 5.66. The summed E-state index contributed by atoms with van der Waals surface area (Å²) in [5.41, 5.74) is 3.60. The number of hydrogen-bond acceptors (Lipinski definition) is 5. The zero-order valence-corrected chi connectivity index (χ0v) is 19.7. The van der Waals surface area contributed by atoms with Crippen molar-refractivity contribution in [3.8, 4) is 0 Å². The zero-order valence-electron chi connectivity index (χ0n) is 18.1. The van der Waals surface area contributed by atoms with Gasteiger partial charge in [-0.2, -0.15) is 0 Å². The number of rotatable bonds is 8. The molecule has 0 aliphatic carbocycles. The summed E-state index contributed by atoms with van der Waals surface area (Å²) in [5.74, 6) is -0.980. The van der Waals surface area contributed by atoms with Crippen LogP contribution in [0.5, 0.6) is 0 Å². The number of ketones is 1. The quantitative estimate of drug-likeness (QED) is 0.356. The van der Waals surface area contributed by atoms with Crippen LogP contribution in [-0.2, 0) is 27.5 Å². The topological polar surface area (TPSA) is 82.4 Å². The molecule has 32 heavy (non-hydrogen) atoms. The lowest BCUT2D eigenvalue weighted by atomic mass is 10.1. The number of esters is 1. The molecule has 0 N–H and O–H groups in total. The van der Waals surface area contributed by atoms with E-state index >= 15 is 0 Å². The van der Waals surface area contributed by atoms with Crippen LogP contribution in [0.15, 0.2) is 59.5 Å². The maximum Gasteiger partial charge on any atom is 0.338 e. The summed E-state index contributed by atoms with van der Waals surface area (Å²) >= 11 is 5.93. The number of benzene rings is 2. The predicted octanol–water partition coefficient (Wildman–Crippen LogP) is 4.44. The van der Waals surface area contributed by atoms with E-state index in [1.807, 2.05) is 38.1 Å². The molecule has 0 aliphatic rings. The van der Waals surface area contributed by atoms with Crippen molar-refractivity contribution >= 4 is 33.2 Å². The van der Waals surface area contributed by atoms with Crippen LogP contribution in [0.4, 0.5) is 0 Å². The first-order valence-corrected chi connectivity index (χ1v) is 12.2. The highest BCUT2D eigenvalue weighted by atomic mass is 35.5. The van der Waals surface area contributed by atoms with Gasteiger partial charge in [0.1, 0.15) is 0 Å². The van der Waals surface area contributed by atoms with E-state index in [1.165, 1.54) is 24.3 Å². The molecule has 0 bridgehead atoms. The van der Waals surface area contributed by atoms with E-state index < -0.39 is 22.4 Å². The van der Waals surface area contributed by atoms with Crippen LogP contribution in [0.1, 0.15) is 37.7 Å². The lowest BCUT2D eigenvalue weighted by Crippen LogP contribution is -2.15. The lowest BCUT2D eigenvalue weighted by Gasteiger charge is -2.10. The van der Waals surface area contributed by atoms with E-state index in [0.29, 0.717) is 17.1 Å². The standard InChI is InChI=1S/C24H24ClNO5S/c1-16-14-22(17(2)26(16)13-12-18-4-8-20(25)9-5-18)23(27)15-31-24(28)19-6-10-21(11-7-19)32(3,29)30/h4-11,14H,12-13,15H2,1-3H3. The van der Waals surface area contributed by atoms with E-state index in [4.69, 9.17) is 16.3 Å². The molecule has 0 atom stereocenters. The van der Waals surface area contributed by atoms with Gasteiger partial charge < -0.3 is 9.30 Å². The Bertz CT molecular complexity index is 1240. The van der Waals surface area contributed by atoms with Crippen molar-refractivity contribution in [1.82, 2.24) is 4.57 Å². The molecule has 0 radical (unpaired) electrons. The number of aryl methyl sites for hydroxylation is 2. The van der Waals surface area contributed by atoms with Crippen molar-refractivity contribution in [2.75, 3.05) is 12.9 Å². The summed E-state index contributed by atoms with van der Waals surface area (Å²) in [6, 6.07) is 14.9. The third-order valence-electron chi connectivity index (χ3n) is 5.26. The fourth-order valence-electron chi connectivity index (χ4n) is 3.45. The summed E-state index contributed by atoms with van der Waals surface area (Å²) in [5, 5.41) is 0.691. The van der Waals surface area contributed by atoms with Crippen LogP contribution in [0, 0.1) is 13.8 Å². The van der Waals surface area contributed by atoms with Gasteiger partial charge in [0, 0.05) is 34.8 Å². The molecule has 0 aliphatic heterocycles. The molecule has 6 nitrogen and oxygen atoms in total. The Kier molecular flexibility index (Phi) is 7.21. The van der Waals surface area contributed by atoms with Crippen LogP contribution in [-0.4, -0.2) is 37.6 Å². The van der Waals surface area contributed by atoms with Crippen molar-refractivity contribution in [3.05, 3.63) is 87.7 Å². The first kappa shape index (κ1) is 23.8. The van der Waals surface area contributed by atoms with E-state index in [1.54, 1.807) is 6.07 Å². The maximum atomic E-state index is 12.7. The molecule has 1 aromatic heterocycles. The SMILES string of the molecule is Cc1cc(C(=O)COC(=O)c2ccc(S(C)(=O)=O)cc2)c(C)n1CCc1ccc(Cl)cc1. The van der Waals surface area contributed by atoms with Crippen LogP contribution in [0.3, 0.4) is 0 Å². The Morgan fingerprint density at radius 3 is 2.22 bits per heavy atom. The minimum Gasteiger partial charge on any atom is -0.454 e. The van der Waals surface area contributed by atoms with Gasteiger partial charge in [0.2, 0.25) is 5.78 Å². The molecule has 0 saturated carbocycles. The Hall–Kier alpha value is -2.90. The molecule has 0 fully saturated rings. The normalized spacial score (nSPS) is 11.4. The Labute approximate surface area is 192 Å². The van der Waals surface area contributed by atoms with Crippen molar-refractivity contribution in [1.29, 1.82) is 0 Å². The summed E-state index contributed by atoms with van der Waals surface area (Å²) in [6.07, 6.45) is 1.88. The van der Waals surface area contributed by atoms with Crippen LogP contribution in [0.25, 0.3) is 0 Å². The average Bonchev–Trinajstić information content (AvgIpc) is 3.04. The van der Waals surface area contributed by atoms with Crippen molar-refractivity contribution in [3.63, 3.8) is 0 Å². The molecule has 0 saturated heterocycles. The van der Waals surface area contributed by atoms with Crippen LogP contribution < -0.4 is 0 Å². The number of carbonyl (C=O) groups excluding carboxylic acids is 2. The second kappa shape index (κ2) is 9.71. The van der Waals surface area contributed by atoms with Gasteiger partial charge in [-0.25, -0.2) is 13.2 Å².